The summed E-state index contributed by atoms with van der Waals surface area (Å²) in [4.78, 5) is 24.1. The molecule has 0 aromatic heterocycles. The quantitative estimate of drug-likeness (QED) is 0.865. The molecule has 0 radical (unpaired) electrons. The highest BCUT2D eigenvalue weighted by Crippen LogP contribution is 2.20. The Bertz CT molecular complexity index is 497. The Hall–Kier alpha value is -2.04. The zero-order valence-corrected chi connectivity index (χ0v) is 12.3. The van der Waals surface area contributed by atoms with Crippen LogP contribution < -0.4 is 4.74 Å². The Kier molecular flexibility index (Phi) is 5.55. The Morgan fingerprint density at radius 3 is 2.50 bits per heavy atom. The lowest BCUT2D eigenvalue weighted by atomic mass is 10.1. The molecule has 0 aliphatic heterocycles. The van der Waals surface area contributed by atoms with Crippen molar-refractivity contribution < 1.29 is 19.4 Å². The number of aryl methyl sites for hydroxylation is 1. The van der Waals surface area contributed by atoms with Crippen LogP contribution in [0.5, 0.6) is 5.75 Å². The Balaban J connectivity index is 2.70. The van der Waals surface area contributed by atoms with E-state index < -0.39 is 5.97 Å². The highest BCUT2D eigenvalue weighted by molar-refractivity contribution is 5.82. The van der Waals surface area contributed by atoms with E-state index in [2.05, 4.69) is 0 Å². The molecule has 0 unspecified atom stereocenters. The number of carbonyl (C=O) groups is 2. The molecule has 110 valence electrons. The van der Waals surface area contributed by atoms with Gasteiger partial charge in [0.05, 0.1) is 0 Å². The summed E-state index contributed by atoms with van der Waals surface area (Å²) in [6, 6.07) is 5.45. The fraction of sp³-hybridized carbons (Fsp3) is 0.467. The van der Waals surface area contributed by atoms with Gasteiger partial charge in [0.15, 0.2) is 6.61 Å². The van der Waals surface area contributed by atoms with Crippen LogP contribution >= 0.6 is 0 Å². The minimum absolute atomic E-state index is 0.157. The van der Waals surface area contributed by atoms with Crippen LogP contribution in [-0.4, -0.2) is 41.1 Å². The molecule has 1 N–H and O–H groups in total. The van der Waals surface area contributed by atoms with Crippen LogP contribution in [0.25, 0.3) is 0 Å². The van der Waals surface area contributed by atoms with E-state index in [-0.39, 0.29) is 25.1 Å². The van der Waals surface area contributed by atoms with Crippen LogP contribution in [0.3, 0.4) is 0 Å². The SMILES string of the molecule is Cc1cccc(OCC(=O)N(CC(=O)O)C(C)C)c1C. The van der Waals surface area contributed by atoms with E-state index in [1.54, 1.807) is 19.9 Å². The average Bonchev–Trinajstić information content (AvgIpc) is 2.37. The first-order valence-electron chi connectivity index (χ1n) is 6.53. The second kappa shape index (κ2) is 6.93. The highest BCUT2D eigenvalue weighted by atomic mass is 16.5. The Morgan fingerprint density at radius 1 is 1.30 bits per heavy atom. The molecule has 0 heterocycles. The van der Waals surface area contributed by atoms with Crippen LogP contribution in [0.1, 0.15) is 25.0 Å². The van der Waals surface area contributed by atoms with Crippen LogP contribution in [0, 0.1) is 13.8 Å². The lowest BCUT2D eigenvalue weighted by Gasteiger charge is -2.25. The minimum atomic E-state index is -1.03. The largest absolute Gasteiger partial charge is 0.483 e. The summed E-state index contributed by atoms with van der Waals surface area (Å²) in [6.45, 7) is 6.97. The first-order chi connectivity index (χ1) is 9.32. The van der Waals surface area contributed by atoms with Crippen molar-refractivity contribution in [1.82, 2.24) is 4.90 Å². The van der Waals surface area contributed by atoms with Crippen molar-refractivity contribution in [3.05, 3.63) is 29.3 Å². The van der Waals surface area contributed by atoms with Crippen molar-refractivity contribution in [2.24, 2.45) is 0 Å². The summed E-state index contributed by atoms with van der Waals surface area (Å²) in [7, 11) is 0. The minimum Gasteiger partial charge on any atom is -0.483 e. The van der Waals surface area contributed by atoms with E-state index in [1.165, 1.54) is 4.90 Å². The summed E-state index contributed by atoms with van der Waals surface area (Å²) >= 11 is 0. The van der Waals surface area contributed by atoms with Crippen LogP contribution in [0.2, 0.25) is 0 Å². The molecule has 0 aliphatic rings. The maximum Gasteiger partial charge on any atom is 0.323 e. The summed E-state index contributed by atoms with van der Waals surface area (Å²) in [6.07, 6.45) is 0. The summed E-state index contributed by atoms with van der Waals surface area (Å²) in [5, 5.41) is 8.81. The van der Waals surface area contributed by atoms with Gasteiger partial charge in [0.25, 0.3) is 5.91 Å². The Morgan fingerprint density at radius 2 is 1.95 bits per heavy atom. The number of ether oxygens (including phenoxy) is 1. The molecule has 5 nitrogen and oxygen atoms in total. The van der Waals surface area contributed by atoms with Crippen LogP contribution in [0.15, 0.2) is 18.2 Å². The normalized spacial score (nSPS) is 10.4. The van der Waals surface area contributed by atoms with Crippen molar-refractivity contribution in [1.29, 1.82) is 0 Å². The molecular formula is C15H21NO4. The fourth-order valence-electron chi connectivity index (χ4n) is 1.81. The van der Waals surface area contributed by atoms with Crippen LogP contribution in [-0.2, 0) is 9.59 Å². The number of aliphatic carboxylic acids is 1. The smallest absolute Gasteiger partial charge is 0.323 e. The van der Waals surface area contributed by atoms with E-state index in [0.717, 1.165) is 11.1 Å². The topological polar surface area (TPSA) is 66.8 Å². The van der Waals surface area contributed by atoms with Crippen molar-refractivity contribution in [3.63, 3.8) is 0 Å². The zero-order chi connectivity index (χ0) is 15.3. The molecular weight excluding hydrogens is 258 g/mol. The average molecular weight is 279 g/mol. The summed E-state index contributed by atoms with van der Waals surface area (Å²) in [5.74, 6) is -0.709. The molecule has 20 heavy (non-hydrogen) atoms. The standard InChI is InChI=1S/C15H21NO4/c1-10(2)16(8-15(18)19)14(17)9-20-13-7-5-6-11(3)12(13)4/h5-7,10H,8-9H2,1-4H3,(H,18,19). The van der Waals surface area contributed by atoms with Gasteiger partial charge in [-0.3, -0.25) is 9.59 Å². The molecule has 0 fully saturated rings. The van der Waals surface area contributed by atoms with Gasteiger partial charge in [-0.2, -0.15) is 0 Å². The number of nitrogens with zero attached hydrogens (tertiary/aromatic N) is 1. The summed E-state index contributed by atoms with van der Waals surface area (Å²) in [5.41, 5.74) is 2.07. The number of hydrogen-bond donors (Lipinski definition) is 1. The number of hydrogen-bond acceptors (Lipinski definition) is 3. The first-order valence-corrected chi connectivity index (χ1v) is 6.53. The second-order valence-corrected chi connectivity index (χ2v) is 5.00. The molecule has 0 aliphatic carbocycles. The van der Waals surface area contributed by atoms with Gasteiger partial charge in [0.1, 0.15) is 12.3 Å². The fourth-order valence-corrected chi connectivity index (χ4v) is 1.81. The van der Waals surface area contributed by atoms with Gasteiger partial charge in [-0.1, -0.05) is 12.1 Å². The number of rotatable bonds is 6. The van der Waals surface area contributed by atoms with Gasteiger partial charge in [-0.05, 0) is 44.9 Å². The van der Waals surface area contributed by atoms with Crippen molar-refractivity contribution in [2.45, 2.75) is 33.7 Å². The van der Waals surface area contributed by atoms with E-state index in [9.17, 15) is 9.59 Å². The molecule has 1 aromatic carbocycles. The molecule has 1 aromatic rings. The predicted octanol–water partition coefficient (Wildman–Crippen LogP) is 2.00. The van der Waals surface area contributed by atoms with Crippen molar-refractivity contribution >= 4 is 11.9 Å². The van der Waals surface area contributed by atoms with Gasteiger partial charge >= 0.3 is 5.97 Å². The molecule has 0 saturated heterocycles. The van der Waals surface area contributed by atoms with Gasteiger partial charge in [-0.25, -0.2) is 0 Å². The predicted molar refractivity (Wildman–Crippen MR) is 75.9 cm³/mol. The monoisotopic (exact) mass is 279 g/mol. The number of amides is 1. The maximum absolute atomic E-state index is 12.0. The van der Waals surface area contributed by atoms with E-state index in [0.29, 0.717) is 5.75 Å². The number of carboxylic acids is 1. The van der Waals surface area contributed by atoms with E-state index >= 15 is 0 Å². The molecule has 0 bridgehead atoms. The molecule has 1 rings (SSSR count). The van der Waals surface area contributed by atoms with Crippen molar-refractivity contribution in [2.75, 3.05) is 13.2 Å². The Labute approximate surface area is 119 Å². The highest BCUT2D eigenvalue weighted by Gasteiger charge is 2.20. The van der Waals surface area contributed by atoms with Gasteiger partial charge in [-0.15, -0.1) is 0 Å². The third kappa shape index (κ3) is 4.26. The van der Waals surface area contributed by atoms with E-state index in [4.69, 9.17) is 9.84 Å². The van der Waals surface area contributed by atoms with E-state index in [1.807, 2.05) is 26.0 Å². The number of carboxylic acid groups (broad SMARTS) is 1. The molecule has 1 amide bonds. The zero-order valence-electron chi connectivity index (χ0n) is 12.3. The maximum atomic E-state index is 12.0. The second-order valence-electron chi connectivity index (χ2n) is 5.00. The van der Waals surface area contributed by atoms with Gasteiger partial charge in [0, 0.05) is 6.04 Å². The lowest BCUT2D eigenvalue weighted by Crippen LogP contribution is -2.43. The summed E-state index contributed by atoms with van der Waals surface area (Å²) < 4.78 is 5.51. The van der Waals surface area contributed by atoms with Crippen molar-refractivity contribution in [3.8, 4) is 5.75 Å². The van der Waals surface area contributed by atoms with Gasteiger partial charge < -0.3 is 14.7 Å². The molecule has 0 saturated carbocycles. The first kappa shape index (κ1) is 16.0. The third-order valence-electron chi connectivity index (χ3n) is 3.16. The number of benzene rings is 1. The van der Waals surface area contributed by atoms with Crippen LogP contribution in [0.4, 0.5) is 0 Å². The van der Waals surface area contributed by atoms with Gasteiger partial charge in [0.2, 0.25) is 0 Å². The molecule has 5 heteroatoms. The number of carbonyl (C=O) groups excluding carboxylic acids is 1. The third-order valence-corrected chi connectivity index (χ3v) is 3.16. The lowest BCUT2D eigenvalue weighted by molar-refractivity contribution is -0.146. The molecule has 0 atom stereocenters. The molecule has 0 spiro atoms.